The van der Waals surface area contributed by atoms with Crippen LogP contribution in [0.15, 0.2) is 22.7 Å². The van der Waals surface area contributed by atoms with Gasteiger partial charge in [0.15, 0.2) is 0 Å². The van der Waals surface area contributed by atoms with Crippen molar-refractivity contribution >= 4 is 27.5 Å². The van der Waals surface area contributed by atoms with E-state index in [0.717, 1.165) is 0 Å². The molecule has 0 bridgehead atoms. The number of benzene rings is 1. The van der Waals surface area contributed by atoms with Crippen molar-refractivity contribution in [3.05, 3.63) is 28.5 Å². The van der Waals surface area contributed by atoms with Gasteiger partial charge in [0.2, 0.25) is 5.91 Å². The summed E-state index contributed by atoms with van der Waals surface area (Å²) in [4.78, 5) is 11.6. The van der Waals surface area contributed by atoms with Crippen molar-refractivity contribution in [2.24, 2.45) is 0 Å². The largest absolute Gasteiger partial charge is 0.324 e. The average Bonchev–Trinajstić information content (AvgIpc) is 2.20. The van der Waals surface area contributed by atoms with E-state index in [4.69, 9.17) is 0 Å². The maximum Gasteiger partial charge on any atom is 0.225 e. The van der Waals surface area contributed by atoms with Crippen LogP contribution in [0, 0.1) is 5.82 Å². The van der Waals surface area contributed by atoms with Gasteiger partial charge < -0.3 is 10.6 Å². The molecule has 0 saturated carbocycles. The lowest BCUT2D eigenvalue weighted by atomic mass is 10.1. The lowest BCUT2D eigenvalue weighted by Gasteiger charge is -2.20. The van der Waals surface area contributed by atoms with Gasteiger partial charge in [-0.05, 0) is 39.0 Å². The fourth-order valence-electron chi connectivity index (χ4n) is 1.35. The Labute approximate surface area is 115 Å². The Morgan fingerprint density at radius 1 is 1.39 bits per heavy atom. The number of carbonyl (C=O) groups is 1. The number of nitrogens with one attached hydrogen (secondary N) is 2. The van der Waals surface area contributed by atoms with Crippen molar-refractivity contribution < 1.29 is 9.18 Å². The summed E-state index contributed by atoms with van der Waals surface area (Å²) in [6, 6.07) is 4.55. The summed E-state index contributed by atoms with van der Waals surface area (Å²) < 4.78 is 14.1. The lowest BCUT2D eigenvalue weighted by Crippen LogP contribution is -2.37. The molecule has 1 aromatic rings. The molecule has 0 aromatic heterocycles. The average molecular weight is 317 g/mol. The van der Waals surface area contributed by atoms with E-state index in [-0.39, 0.29) is 17.1 Å². The number of amides is 1. The molecular weight excluding hydrogens is 299 g/mol. The summed E-state index contributed by atoms with van der Waals surface area (Å²) >= 11 is 3.16. The molecule has 3 nitrogen and oxygen atoms in total. The van der Waals surface area contributed by atoms with Crippen LogP contribution in [0.2, 0.25) is 0 Å². The van der Waals surface area contributed by atoms with E-state index in [2.05, 4.69) is 26.6 Å². The van der Waals surface area contributed by atoms with Gasteiger partial charge in [-0.2, -0.15) is 0 Å². The molecular formula is C13H18BrFN2O. The zero-order chi connectivity index (χ0) is 13.8. The number of rotatable bonds is 4. The third kappa shape index (κ3) is 5.60. The normalized spacial score (nSPS) is 11.4. The summed E-state index contributed by atoms with van der Waals surface area (Å²) in [7, 11) is 0. The Morgan fingerprint density at radius 3 is 2.61 bits per heavy atom. The molecule has 0 unspecified atom stereocenters. The first-order valence-corrected chi connectivity index (χ1v) is 6.57. The van der Waals surface area contributed by atoms with E-state index in [1.54, 1.807) is 6.07 Å². The number of carbonyl (C=O) groups excluding carboxylic acids is 1. The third-order valence-electron chi connectivity index (χ3n) is 2.21. The van der Waals surface area contributed by atoms with Crippen molar-refractivity contribution in [2.45, 2.75) is 32.7 Å². The van der Waals surface area contributed by atoms with Gasteiger partial charge >= 0.3 is 0 Å². The van der Waals surface area contributed by atoms with Gasteiger partial charge in [0, 0.05) is 23.0 Å². The van der Waals surface area contributed by atoms with Crippen molar-refractivity contribution in [1.82, 2.24) is 5.32 Å². The fraction of sp³-hybridized carbons (Fsp3) is 0.462. The maximum atomic E-state index is 13.5. The Hall–Kier alpha value is -0.940. The van der Waals surface area contributed by atoms with Crippen LogP contribution in [0.3, 0.4) is 0 Å². The van der Waals surface area contributed by atoms with Crippen LogP contribution < -0.4 is 10.6 Å². The summed E-state index contributed by atoms with van der Waals surface area (Å²) in [5, 5.41) is 5.75. The second kappa shape index (κ2) is 6.29. The minimum atomic E-state index is -0.443. The minimum Gasteiger partial charge on any atom is -0.324 e. The van der Waals surface area contributed by atoms with Crippen LogP contribution in [0.1, 0.15) is 27.2 Å². The van der Waals surface area contributed by atoms with E-state index in [0.29, 0.717) is 17.4 Å². The monoisotopic (exact) mass is 316 g/mol. The second-order valence-electron chi connectivity index (χ2n) is 5.10. The quantitative estimate of drug-likeness (QED) is 0.894. The van der Waals surface area contributed by atoms with Crippen LogP contribution in [-0.2, 0) is 4.79 Å². The molecule has 0 saturated heterocycles. The lowest BCUT2D eigenvalue weighted by molar-refractivity contribution is -0.116. The van der Waals surface area contributed by atoms with E-state index in [1.807, 2.05) is 20.8 Å². The topological polar surface area (TPSA) is 41.1 Å². The molecule has 18 heavy (non-hydrogen) atoms. The first-order chi connectivity index (χ1) is 8.28. The van der Waals surface area contributed by atoms with Gasteiger partial charge in [-0.25, -0.2) is 4.39 Å². The van der Waals surface area contributed by atoms with Crippen LogP contribution in [-0.4, -0.2) is 18.0 Å². The molecule has 0 aliphatic rings. The van der Waals surface area contributed by atoms with Crippen LogP contribution in [0.4, 0.5) is 10.1 Å². The molecule has 0 radical (unpaired) electrons. The summed E-state index contributed by atoms with van der Waals surface area (Å²) in [6.45, 7) is 6.64. The first-order valence-electron chi connectivity index (χ1n) is 5.78. The van der Waals surface area contributed by atoms with E-state index in [9.17, 15) is 9.18 Å². The highest BCUT2D eigenvalue weighted by Gasteiger charge is 2.11. The molecule has 1 rings (SSSR count). The molecule has 0 atom stereocenters. The molecule has 1 aromatic carbocycles. The number of anilines is 1. The van der Waals surface area contributed by atoms with Gasteiger partial charge in [0.05, 0.1) is 5.69 Å². The van der Waals surface area contributed by atoms with Crippen LogP contribution >= 0.6 is 15.9 Å². The van der Waals surface area contributed by atoms with Gasteiger partial charge in [-0.3, -0.25) is 4.79 Å². The Kier molecular flexibility index (Phi) is 5.28. The zero-order valence-electron chi connectivity index (χ0n) is 10.8. The van der Waals surface area contributed by atoms with E-state index < -0.39 is 5.82 Å². The molecule has 5 heteroatoms. The first kappa shape index (κ1) is 15.1. The highest BCUT2D eigenvalue weighted by Crippen LogP contribution is 2.19. The second-order valence-corrected chi connectivity index (χ2v) is 6.01. The minimum absolute atomic E-state index is 0.0247. The molecule has 0 aliphatic carbocycles. The van der Waals surface area contributed by atoms with Gasteiger partial charge in [-0.1, -0.05) is 15.9 Å². The Morgan fingerprint density at radius 2 is 2.06 bits per heavy atom. The zero-order valence-corrected chi connectivity index (χ0v) is 12.4. The Balaban J connectivity index is 2.45. The SMILES string of the molecule is CC(C)(C)NCCC(=O)Nc1ccc(Br)cc1F. The van der Waals surface area contributed by atoms with E-state index in [1.165, 1.54) is 12.1 Å². The predicted molar refractivity (Wildman–Crippen MR) is 75.1 cm³/mol. The number of hydrogen-bond acceptors (Lipinski definition) is 2. The van der Waals surface area contributed by atoms with Gasteiger partial charge in [-0.15, -0.1) is 0 Å². The van der Waals surface area contributed by atoms with Crippen molar-refractivity contribution in [3.63, 3.8) is 0 Å². The highest BCUT2D eigenvalue weighted by atomic mass is 79.9. The summed E-state index contributed by atoms with van der Waals surface area (Å²) in [6.07, 6.45) is 0.312. The number of hydrogen-bond donors (Lipinski definition) is 2. The molecule has 2 N–H and O–H groups in total. The summed E-state index contributed by atoms with van der Waals surface area (Å²) in [5.74, 6) is -0.644. The van der Waals surface area contributed by atoms with Crippen molar-refractivity contribution in [2.75, 3.05) is 11.9 Å². The standard InChI is InChI=1S/C13H18BrFN2O/c1-13(2,3)16-7-6-12(18)17-11-5-4-9(14)8-10(11)15/h4-5,8,16H,6-7H2,1-3H3,(H,17,18). The molecule has 0 heterocycles. The molecule has 1 amide bonds. The highest BCUT2D eigenvalue weighted by molar-refractivity contribution is 9.10. The summed E-state index contributed by atoms with van der Waals surface area (Å²) in [5.41, 5.74) is 0.183. The third-order valence-corrected chi connectivity index (χ3v) is 2.71. The fourth-order valence-corrected chi connectivity index (χ4v) is 1.69. The van der Waals surface area contributed by atoms with Crippen LogP contribution in [0.25, 0.3) is 0 Å². The molecule has 0 aliphatic heterocycles. The predicted octanol–water partition coefficient (Wildman–Crippen LogP) is 3.30. The molecule has 0 spiro atoms. The van der Waals surface area contributed by atoms with Crippen LogP contribution in [0.5, 0.6) is 0 Å². The van der Waals surface area contributed by atoms with E-state index >= 15 is 0 Å². The maximum absolute atomic E-state index is 13.5. The number of halogens is 2. The molecule has 100 valence electrons. The Bertz CT molecular complexity index is 429. The molecule has 0 fully saturated rings. The van der Waals surface area contributed by atoms with Crippen molar-refractivity contribution in [3.8, 4) is 0 Å². The van der Waals surface area contributed by atoms with Crippen molar-refractivity contribution in [1.29, 1.82) is 0 Å². The van der Waals surface area contributed by atoms with Gasteiger partial charge in [0.1, 0.15) is 5.82 Å². The smallest absolute Gasteiger partial charge is 0.225 e. The van der Waals surface area contributed by atoms with Gasteiger partial charge in [0.25, 0.3) is 0 Å².